The Labute approximate surface area is 104 Å². The molecule has 0 atom stereocenters. The van der Waals surface area contributed by atoms with E-state index in [2.05, 4.69) is 10.2 Å². The molecule has 1 aromatic heterocycles. The van der Waals surface area contributed by atoms with Crippen molar-refractivity contribution in [2.75, 3.05) is 12.8 Å². The fourth-order valence-electron chi connectivity index (χ4n) is 1.42. The van der Waals surface area contributed by atoms with E-state index in [0.29, 0.717) is 5.95 Å². The maximum Gasteiger partial charge on any atom is 0.222 e. The Morgan fingerprint density at radius 1 is 1.35 bits per heavy atom. The van der Waals surface area contributed by atoms with Gasteiger partial charge in [-0.1, -0.05) is 30.0 Å². The van der Waals surface area contributed by atoms with Gasteiger partial charge in [-0.25, -0.2) is 0 Å². The molecular formula is C11H14N4OS. The lowest BCUT2D eigenvalue weighted by Gasteiger charge is -2.07. The van der Waals surface area contributed by atoms with Crippen LogP contribution in [0.5, 0.6) is 5.75 Å². The van der Waals surface area contributed by atoms with Gasteiger partial charge in [0.05, 0.1) is 7.11 Å². The maximum absolute atomic E-state index is 5.62. The molecule has 0 aliphatic heterocycles. The molecule has 1 heterocycles. The van der Waals surface area contributed by atoms with Crippen LogP contribution in [0.4, 0.5) is 5.95 Å². The summed E-state index contributed by atoms with van der Waals surface area (Å²) in [4.78, 5) is 0. The summed E-state index contributed by atoms with van der Waals surface area (Å²) in [7, 11) is 3.52. The molecule has 2 aromatic rings. The number of ether oxygens (including phenoxy) is 1. The van der Waals surface area contributed by atoms with Crippen molar-refractivity contribution in [3.63, 3.8) is 0 Å². The molecule has 0 spiro atoms. The van der Waals surface area contributed by atoms with Crippen LogP contribution in [-0.4, -0.2) is 21.9 Å². The fourth-order valence-corrected chi connectivity index (χ4v) is 2.33. The topological polar surface area (TPSA) is 66.0 Å². The van der Waals surface area contributed by atoms with Crippen LogP contribution in [0.2, 0.25) is 0 Å². The number of aromatic nitrogens is 3. The van der Waals surface area contributed by atoms with Crippen molar-refractivity contribution in [2.45, 2.75) is 10.9 Å². The zero-order chi connectivity index (χ0) is 12.3. The first-order valence-electron chi connectivity index (χ1n) is 5.12. The Hall–Kier alpha value is -1.69. The van der Waals surface area contributed by atoms with Crippen LogP contribution in [0, 0.1) is 0 Å². The van der Waals surface area contributed by atoms with Crippen LogP contribution < -0.4 is 10.5 Å². The average molecular weight is 250 g/mol. The van der Waals surface area contributed by atoms with Crippen molar-refractivity contribution in [2.24, 2.45) is 7.05 Å². The van der Waals surface area contributed by atoms with Crippen molar-refractivity contribution in [1.82, 2.24) is 14.8 Å². The van der Waals surface area contributed by atoms with Crippen molar-refractivity contribution in [3.05, 3.63) is 29.8 Å². The van der Waals surface area contributed by atoms with E-state index in [9.17, 15) is 0 Å². The average Bonchev–Trinajstić information content (AvgIpc) is 2.68. The first kappa shape index (κ1) is 11.8. The van der Waals surface area contributed by atoms with E-state index in [0.717, 1.165) is 22.2 Å². The van der Waals surface area contributed by atoms with Gasteiger partial charge in [0.1, 0.15) is 5.75 Å². The van der Waals surface area contributed by atoms with Crippen LogP contribution in [-0.2, 0) is 12.8 Å². The number of nitrogens with two attached hydrogens (primary N) is 1. The summed E-state index contributed by atoms with van der Waals surface area (Å²) in [5.41, 5.74) is 6.74. The molecule has 0 saturated carbocycles. The van der Waals surface area contributed by atoms with E-state index in [4.69, 9.17) is 10.5 Å². The minimum absolute atomic E-state index is 0.424. The summed E-state index contributed by atoms with van der Waals surface area (Å²) in [6.07, 6.45) is 0. The van der Waals surface area contributed by atoms with Gasteiger partial charge in [0, 0.05) is 18.4 Å². The van der Waals surface area contributed by atoms with Crippen LogP contribution in [0.25, 0.3) is 0 Å². The quantitative estimate of drug-likeness (QED) is 0.837. The third-order valence-corrected chi connectivity index (χ3v) is 3.49. The van der Waals surface area contributed by atoms with Crippen molar-refractivity contribution >= 4 is 17.7 Å². The molecule has 0 amide bonds. The minimum Gasteiger partial charge on any atom is -0.496 e. The summed E-state index contributed by atoms with van der Waals surface area (Å²) in [6.45, 7) is 0. The molecule has 90 valence electrons. The van der Waals surface area contributed by atoms with Gasteiger partial charge in [-0.15, -0.1) is 10.2 Å². The van der Waals surface area contributed by atoms with Crippen LogP contribution >= 0.6 is 11.8 Å². The third-order valence-electron chi connectivity index (χ3n) is 2.42. The monoisotopic (exact) mass is 250 g/mol. The van der Waals surface area contributed by atoms with Crippen LogP contribution in [0.3, 0.4) is 0 Å². The predicted molar refractivity (Wildman–Crippen MR) is 68.0 cm³/mol. The number of anilines is 1. The number of benzene rings is 1. The molecule has 17 heavy (non-hydrogen) atoms. The zero-order valence-corrected chi connectivity index (χ0v) is 10.6. The Morgan fingerprint density at radius 3 is 2.76 bits per heavy atom. The second-order valence-corrected chi connectivity index (χ2v) is 4.44. The summed E-state index contributed by atoms with van der Waals surface area (Å²) in [6, 6.07) is 7.92. The van der Waals surface area contributed by atoms with Gasteiger partial charge in [-0.05, 0) is 6.07 Å². The standard InChI is InChI=1S/C11H14N4OS/c1-15-10(12)13-14-11(15)17-7-8-5-3-4-6-9(8)16-2/h3-6H,7H2,1-2H3,(H2,12,13). The van der Waals surface area contributed by atoms with E-state index in [1.807, 2.05) is 31.3 Å². The van der Waals surface area contributed by atoms with Crippen molar-refractivity contribution < 1.29 is 4.74 Å². The molecular weight excluding hydrogens is 236 g/mol. The second kappa shape index (κ2) is 5.09. The number of rotatable bonds is 4. The maximum atomic E-state index is 5.62. The van der Waals surface area contributed by atoms with E-state index in [1.54, 1.807) is 23.4 Å². The van der Waals surface area contributed by atoms with Crippen molar-refractivity contribution in [1.29, 1.82) is 0 Å². The van der Waals surface area contributed by atoms with E-state index >= 15 is 0 Å². The van der Waals surface area contributed by atoms with Gasteiger partial charge in [0.15, 0.2) is 5.16 Å². The number of para-hydroxylation sites is 1. The minimum atomic E-state index is 0.424. The SMILES string of the molecule is COc1ccccc1CSc1nnc(N)n1C. The van der Waals surface area contributed by atoms with Crippen LogP contribution in [0.1, 0.15) is 5.56 Å². The Kier molecular flexibility index (Phi) is 3.53. The number of hydrogen-bond donors (Lipinski definition) is 1. The highest BCUT2D eigenvalue weighted by atomic mass is 32.2. The highest BCUT2D eigenvalue weighted by Gasteiger charge is 2.08. The van der Waals surface area contributed by atoms with Gasteiger partial charge in [-0.2, -0.15) is 0 Å². The molecule has 1 aromatic carbocycles. The molecule has 6 heteroatoms. The summed E-state index contributed by atoms with van der Waals surface area (Å²) in [5.74, 6) is 2.08. The zero-order valence-electron chi connectivity index (χ0n) is 9.75. The molecule has 0 bridgehead atoms. The molecule has 5 nitrogen and oxygen atoms in total. The molecule has 2 rings (SSSR count). The van der Waals surface area contributed by atoms with Gasteiger partial charge < -0.3 is 10.5 Å². The first-order chi connectivity index (χ1) is 8.22. The third kappa shape index (κ3) is 2.52. The smallest absolute Gasteiger partial charge is 0.222 e. The van der Waals surface area contributed by atoms with Crippen LogP contribution in [0.15, 0.2) is 29.4 Å². The molecule has 0 saturated heterocycles. The lowest BCUT2D eigenvalue weighted by atomic mass is 10.2. The van der Waals surface area contributed by atoms with Gasteiger partial charge in [0.25, 0.3) is 0 Å². The molecule has 0 fully saturated rings. The number of nitrogens with zero attached hydrogens (tertiary/aromatic N) is 3. The summed E-state index contributed by atoms with van der Waals surface area (Å²) in [5, 5.41) is 8.61. The number of hydrogen-bond acceptors (Lipinski definition) is 5. The Morgan fingerprint density at radius 2 is 2.12 bits per heavy atom. The highest BCUT2D eigenvalue weighted by Crippen LogP contribution is 2.26. The molecule has 0 unspecified atom stereocenters. The molecule has 2 N–H and O–H groups in total. The lowest BCUT2D eigenvalue weighted by Crippen LogP contribution is -1.98. The molecule has 0 radical (unpaired) electrons. The Bertz CT molecular complexity index is 512. The first-order valence-corrected chi connectivity index (χ1v) is 6.10. The second-order valence-electron chi connectivity index (χ2n) is 3.50. The lowest BCUT2D eigenvalue weighted by molar-refractivity contribution is 0.411. The summed E-state index contributed by atoms with van der Waals surface area (Å²) >= 11 is 1.58. The van der Waals surface area contributed by atoms with E-state index in [-0.39, 0.29) is 0 Å². The van der Waals surface area contributed by atoms with Gasteiger partial charge >= 0.3 is 0 Å². The van der Waals surface area contributed by atoms with Gasteiger partial charge in [0.2, 0.25) is 5.95 Å². The van der Waals surface area contributed by atoms with Gasteiger partial charge in [-0.3, -0.25) is 4.57 Å². The summed E-state index contributed by atoms with van der Waals surface area (Å²) < 4.78 is 7.05. The molecule has 0 aliphatic carbocycles. The fraction of sp³-hybridized carbons (Fsp3) is 0.273. The normalized spacial score (nSPS) is 10.5. The highest BCUT2D eigenvalue weighted by molar-refractivity contribution is 7.98. The number of methoxy groups -OCH3 is 1. The predicted octanol–water partition coefficient (Wildman–Crippen LogP) is 1.70. The Balaban J connectivity index is 2.10. The number of thioether (sulfide) groups is 1. The van der Waals surface area contributed by atoms with E-state index in [1.165, 1.54) is 0 Å². The largest absolute Gasteiger partial charge is 0.496 e. The molecule has 0 aliphatic rings. The van der Waals surface area contributed by atoms with Crippen molar-refractivity contribution in [3.8, 4) is 5.75 Å². The van der Waals surface area contributed by atoms with E-state index < -0.39 is 0 Å². The number of nitrogen functional groups attached to an aromatic ring is 1.